The standard InChI is InChI=1S/C22H19N5O/c23-16-6-10-18(11-7-16)28-19-12-8-17(9-13-19)25-21-14-20(26-22(24)27-21)15-4-2-1-3-5-15/h1-14H,23H2,(H3,24,25,26,27). The van der Waals surface area contributed by atoms with Crippen molar-refractivity contribution in [1.29, 1.82) is 0 Å². The Labute approximate surface area is 162 Å². The van der Waals surface area contributed by atoms with Crippen molar-refractivity contribution in [3.05, 3.63) is 84.9 Å². The third-order valence-corrected chi connectivity index (χ3v) is 4.06. The summed E-state index contributed by atoms with van der Waals surface area (Å²) in [5, 5.41) is 3.25. The van der Waals surface area contributed by atoms with Crippen LogP contribution in [0.4, 0.5) is 23.1 Å². The van der Waals surface area contributed by atoms with Crippen LogP contribution in [0.15, 0.2) is 84.9 Å². The molecule has 0 saturated carbocycles. The normalized spacial score (nSPS) is 10.4. The van der Waals surface area contributed by atoms with Crippen LogP contribution in [0.2, 0.25) is 0 Å². The number of nitrogens with zero attached hydrogens (tertiary/aromatic N) is 2. The van der Waals surface area contributed by atoms with Crippen molar-refractivity contribution in [1.82, 2.24) is 9.97 Å². The van der Waals surface area contributed by atoms with Gasteiger partial charge in [0.15, 0.2) is 0 Å². The van der Waals surface area contributed by atoms with Crippen molar-refractivity contribution in [3.8, 4) is 22.8 Å². The Morgan fingerprint density at radius 1 is 0.714 bits per heavy atom. The first-order valence-corrected chi connectivity index (χ1v) is 8.76. The Balaban J connectivity index is 1.50. The molecule has 0 saturated heterocycles. The summed E-state index contributed by atoms with van der Waals surface area (Å²) in [5.74, 6) is 2.29. The lowest BCUT2D eigenvalue weighted by Gasteiger charge is -2.10. The average Bonchev–Trinajstić information content (AvgIpc) is 2.71. The van der Waals surface area contributed by atoms with E-state index in [0.717, 1.165) is 28.4 Å². The summed E-state index contributed by atoms with van der Waals surface area (Å²) in [6.07, 6.45) is 0. The molecule has 0 radical (unpaired) electrons. The molecule has 0 spiro atoms. The Morgan fingerprint density at radius 3 is 2.04 bits per heavy atom. The highest BCUT2D eigenvalue weighted by molar-refractivity contribution is 5.67. The van der Waals surface area contributed by atoms with Gasteiger partial charge in [-0.1, -0.05) is 30.3 Å². The molecule has 0 bridgehead atoms. The van der Waals surface area contributed by atoms with Gasteiger partial charge >= 0.3 is 0 Å². The van der Waals surface area contributed by atoms with E-state index >= 15 is 0 Å². The second-order valence-electron chi connectivity index (χ2n) is 6.18. The molecule has 0 amide bonds. The van der Waals surface area contributed by atoms with Gasteiger partial charge in [0.2, 0.25) is 5.95 Å². The van der Waals surface area contributed by atoms with Gasteiger partial charge in [0.25, 0.3) is 0 Å². The van der Waals surface area contributed by atoms with Gasteiger partial charge < -0.3 is 21.5 Å². The number of benzene rings is 3. The quantitative estimate of drug-likeness (QED) is 0.435. The maximum absolute atomic E-state index is 5.88. The van der Waals surface area contributed by atoms with E-state index in [9.17, 15) is 0 Å². The highest BCUT2D eigenvalue weighted by Crippen LogP contribution is 2.26. The molecular formula is C22H19N5O. The zero-order valence-electron chi connectivity index (χ0n) is 15.0. The second kappa shape index (κ2) is 7.67. The number of ether oxygens (including phenoxy) is 1. The number of anilines is 4. The molecule has 0 unspecified atom stereocenters. The van der Waals surface area contributed by atoms with Crippen LogP contribution in [0, 0.1) is 0 Å². The number of rotatable bonds is 5. The van der Waals surface area contributed by atoms with E-state index in [0.29, 0.717) is 11.5 Å². The first kappa shape index (κ1) is 17.4. The molecule has 3 aromatic carbocycles. The van der Waals surface area contributed by atoms with Crippen LogP contribution in [0.1, 0.15) is 0 Å². The predicted octanol–water partition coefficient (Wildman–Crippen LogP) is 4.84. The largest absolute Gasteiger partial charge is 0.457 e. The molecule has 0 aliphatic carbocycles. The van der Waals surface area contributed by atoms with Crippen LogP contribution in [0.25, 0.3) is 11.3 Å². The van der Waals surface area contributed by atoms with Gasteiger partial charge in [-0.3, -0.25) is 0 Å². The van der Waals surface area contributed by atoms with E-state index in [1.54, 1.807) is 12.1 Å². The SMILES string of the molecule is Nc1ccc(Oc2ccc(Nc3cc(-c4ccccc4)nc(N)n3)cc2)cc1. The minimum atomic E-state index is 0.215. The Bertz CT molecular complexity index is 1060. The minimum absolute atomic E-state index is 0.215. The zero-order chi connectivity index (χ0) is 19.3. The summed E-state index contributed by atoms with van der Waals surface area (Å²) in [7, 11) is 0. The van der Waals surface area contributed by atoms with Crippen molar-refractivity contribution in [2.45, 2.75) is 0 Å². The summed E-state index contributed by atoms with van der Waals surface area (Å²) in [6, 6.07) is 26.5. The minimum Gasteiger partial charge on any atom is -0.457 e. The first-order valence-electron chi connectivity index (χ1n) is 8.76. The van der Waals surface area contributed by atoms with Crippen molar-refractivity contribution in [2.75, 3.05) is 16.8 Å². The Hall–Kier alpha value is -4.06. The van der Waals surface area contributed by atoms with Gasteiger partial charge in [-0.15, -0.1) is 0 Å². The average molecular weight is 369 g/mol. The fourth-order valence-corrected chi connectivity index (χ4v) is 2.71. The number of hydrogen-bond acceptors (Lipinski definition) is 6. The van der Waals surface area contributed by atoms with Crippen LogP contribution in [-0.2, 0) is 0 Å². The summed E-state index contributed by atoms with van der Waals surface area (Å²) in [6.45, 7) is 0. The number of nitrogens with one attached hydrogen (secondary N) is 1. The third-order valence-electron chi connectivity index (χ3n) is 4.06. The molecule has 138 valence electrons. The lowest BCUT2D eigenvalue weighted by Crippen LogP contribution is -2.01. The van der Waals surface area contributed by atoms with Crippen LogP contribution >= 0.6 is 0 Å². The van der Waals surface area contributed by atoms with Crippen LogP contribution in [-0.4, -0.2) is 9.97 Å². The molecule has 28 heavy (non-hydrogen) atoms. The lowest BCUT2D eigenvalue weighted by molar-refractivity contribution is 0.483. The molecule has 6 heteroatoms. The number of hydrogen-bond donors (Lipinski definition) is 3. The van der Waals surface area contributed by atoms with Crippen molar-refractivity contribution in [3.63, 3.8) is 0 Å². The zero-order valence-corrected chi connectivity index (χ0v) is 15.0. The van der Waals surface area contributed by atoms with Gasteiger partial charge in [0, 0.05) is 23.0 Å². The molecule has 0 aliphatic heterocycles. The van der Waals surface area contributed by atoms with E-state index in [1.807, 2.05) is 72.8 Å². The highest BCUT2D eigenvalue weighted by Gasteiger charge is 2.06. The van der Waals surface area contributed by atoms with E-state index in [-0.39, 0.29) is 5.95 Å². The number of aromatic nitrogens is 2. The maximum atomic E-state index is 5.88. The monoisotopic (exact) mass is 369 g/mol. The molecular weight excluding hydrogens is 350 g/mol. The van der Waals surface area contributed by atoms with Gasteiger partial charge in [-0.2, -0.15) is 4.98 Å². The Kier molecular flexibility index (Phi) is 4.76. The van der Waals surface area contributed by atoms with E-state index < -0.39 is 0 Å². The van der Waals surface area contributed by atoms with Crippen LogP contribution < -0.4 is 21.5 Å². The molecule has 1 aromatic heterocycles. The topological polar surface area (TPSA) is 99.1 Å². The summed E-state index contributed by atoms with van der Waals surface area (Å²) in [5.41, 5.74) is 14.9. The maximum Gasteiger partial charge on any atom is 0.222 e. The fraction of sp³-hybridized carbons (Fsp3) is 0. The summed E-state index contributed by atoms with van der Waals surface area (Å²) < 4.78 is 5.81. The summed E-state index contributed by atoms with van der Waals surface area (Å²) >= 11 is 0. The molecule has 4 aromatic rings. The molecule has 1 heterocycles. The molecule has 0 aliphatic rings. The van der Waals surface area contributed by atoms with Gasteiger partial charge in [0.1, 0.15) is 17.3 Å². The van der Waals surface area contributed by atoms with Crippen molar-refractivity contribution < 1.29 is 4.74 Å². The molecule has 0 fully saturated rings. The lowest BCUT2D eigenvalue weighted by atomic mass is 10.1. The van der Waals surface area contributed by atoms with Crippen molar-refractivity contribution in [2.24, 2.45) is 0 Å². The molecule has 0 atom stereocenters. The van der Waals surface area contributed by atoms with Crippen LogP contribution in [0.3, 0.4) is 0 Å². The summed E-state index contributed by atoms with van der Waals surface area (Å²) in [4.78, 5) is 8.58. The smallest absolute Gasteiger partial charge is 0.222 e. The highest BCUT2D eigenvalue weighted by atomic mass is 16.5. The van der Waals surface area contributed by atoms with Gasteiger partial charge in [0.05, 0.1) is 5.69 Å². The molecule has 6 nitrogen and oxygen atoms in total. The van der Waals surface area contributed by atoms with Crippen LogP contribution in [0.5, 0.6) is 11.5 Å². The molecule has 5 N–H and O–H groups in total. The fourth-order valence-electron chi connectivity index (χ4n) is 2.71. The number of nitrogens with two attached hydrogens (primary N) is 2. The Morgan fingerprint density at radius 2 is 1.36 bits per heavy atom. The molecule has 4 rings (SSSR count). The van der Waals surface area contributed by atoms with Gasteiger partial charge in [-0.05, 0) is 48.5 Å². The number of nitrogen functional groups attached to an aromatic ring is 2. The van der Waals surface area contributed by atoms with E-state index in [4.69, 9.17) is 16.2 Å². The van der Waals surface area contributed by atoms with E-state index in [1.165, 1.54) is 0 Å². The third kappa shape index (κ3) is 4.19. The second-order valence-corrected chi connectivity index (χ2v) is 6.18. The predicted molar refractivity (Wildman–Crippen MR) is 113 cm³/mol. The first-order chi connectivity index (χ1) is 13.7. The van der Waals surface area contributed by atoms with E-state index in [2.05, 4.69) is 15.3 Å². The van der Waals surface area contributed by atoms with Gasteiger partial charge in [-0.25, -0.2) is 4.98 Å². The van der Waals surface area contributed by atoms with Crippen molar-refractivity contribution >= 4 is 23.1 Å².